The van der Waals surface area contributed by atoms with Crippen LogP contribution >= 0.6 is 0 Å². The van der Waals surface area contributed by atoms with Gasteiger partial charge in [-0.3, -0.25) is 20.4 Å². The fourth-order valence-electron chi connectivity index (χ4n) is 0.860. The molecule has 0 aliphatic carbocycles. The van der Waals surface area contributed by atoms with Crippen LogP contribution in [0, 0.1) is 22.1 Å². The summed E-state index contributed by atoms with van der Waals surface area (Å²) in [6.07, 6.45) is 0. The molecule has 1 aliphatic heterocycles. The fourth-order valence-corrected chi connectivity index (χ4v) is 0.860. The lowest BCUT2D eigenvalue weighted by atomic mass is 10.1. The van der Waals surface area contributed by atoms with Gasteiger partial charge in [0.1, 0.15) is 22.9 Å². The van der Waals surface area contributed by atoms with E-state index in [1.54, 1.807) is 11.7 Å². The van der Waals surface area contributed by atoms with Crippen LogP contribution in [0.3, 0.4) is 0 Å². The number of carbonyl (C=O) groups is 2. The summed E-state index contributed by atoms with van der Waals surface area (Å²) in [5.41, 5.74) is -1.06. The standard InChI is InChI=1S/C8H2N4O2/c9-1-4(2-10)6-5(3-11)7(13)8(14)12-6/h9,11H. The first-order valence-electron chi connectivity index (χ1n) is 3.33. The summed E-state index contributed by atoms with van der Waals surface area (Å²) in [5.74, 6) is 1.39. The Morgan fingerprint density at radius 2 is 2.00 bits per heavy atom. The predicted octanol–water partition coefficient (Wildman–Crippen LogP) is -0.590. The van der Waals surface area contributed by atoms with Crippen molar-refractivity contribution in [2.75, 3.05) is 0 Å². The highest BCUT2D eigenvalue weighted by atomic mass is 16.2. The number of rotatable bonds is 1. The smallest absolute Gasteiger partial charge is 0.282 e. The second-order valence-electron chi connectivity index (χ2n) is 2.21. The number of aliphatic imine (C=N–C) groups is 1. The van der Waals surface area contributed by atoms with Gasteiger partial charge in [0.05, 0.1) is 0 Å². The second kappa shape index (κ2) is 3.42. The molecule has 6 heteroatoms. The van der Waals surface area contributed by atoms with Crippen molar-refractivity contribution in [1.82, 2.24) is 0 Å². The maximum atomic E-state index is 11.0. The zero-order valence-electron chi connectivity index (χ0n) is 6.71. The lowest BCUT2D eigenvalue weighted by Crippen LogP contribution is -2.11. The van der Waals surface area contributed by atoms with Gasteiger partial charge < -0.3 is 0 Å². The van der Waals surface area contributed by atoms with Gasteiger partial charge in [0.25, 0.3) is 5.78 Å². The molecule has 0 aromatic heterocycles. The van der Waals surface area contributed by atoms with Gasteiger partial charge in [-0.2, -0.15) is 5.26 Å². The number of nitriles is 1. The molecule has 0 bridgehead atoms. The molecule has 66 valence electrons. The quantitative estimate of drug-likeness (QED) is 0.246. The van der Waals surface area contributed by atoms with Gasteiger partial charge in [0, 0.05) is 0 Å². The number of ketones is 1. The number of nitrogens with zero attached hydrogens (tertiary/aromatic N) is 2. The molecule has 14 heavy (non-hydrogen) atoms. The monoisotopic (exact) mass is 186 g/mol. The van der Waals surface area contributed by atoms with Gasteiger partial charge in [-0.15, -0.1) is 0 Å². The molecule has 0 atom stereocenters. The number of hydrogen-bond acceptors (Lipinski definition) is 5. The van der Waals surface area contributed by atoms with Crippen LogP contribution in [0.15, 0.2) is 16.1 Å². The third-order valence-corrected chi connectivity index (χ3v) is 1.47. The van der Waals surface area contributed by atoms with Crippen LogP contribution in [0.4, 0.5) is 0 Å². The number of hydrogen-bond donors (Lipinski definition) is 2. The third-order valence-electron chi connectivity index (χ3n) is 1.47. The van der Waals surface area contributed by atoms with E-state index in [0.29, 0.717) is 0 Å². The lowest BCUT2D eigenvalue weighted by molar-refractivity contribution is -0.132. The first kappa shape index (κ1) is 9.49. The van der Waals surface area contributed by atoms with Gasteiger partial charge in [-0.25, -0.2) is 4.99 Å². The van der Waals surface area contributed by atoms with Crippen molar-refractivity contribution in [1.29, 1.82) is 16.1 Å². The van der Waals surface area contributed by atoms with Crippen LogP contribution in [0.5, 0.6) is 0 Å². The van der Waals surface area contributed by atoms with Gasteiger partial charge in [-0.05, 0) is 11.7 Å². The number of nitrogens with one attached hydrogen (secondary N) is 2. The molecule has 0 fully saturated rings. The molecule has 1 rings (SSSR count). The minimum absolute atomic E-state index is 0.299. The van der Waals surface area contributed by atoms with E-state index in [2.05, 4.69) is 4.99 Å². The summed E-state index contributed by atoms with van der Waals surface area (Å²) in [5, 5.41) is 21.9. The Bertz CT molecular complexity index is 508. The first-order chi connectivity index (χ1) is 6.65. The summed E-state index contributed by atoms with van der Waals surface area (Å²) in [6.45, 7) is 0. The molecule has 0 spiro atoms. The average molecular weight is 186 g/mol. The van der Waals surface area contributed by atoms with Crippen LogP contribution < -0.4 is 0 Å². The molecule has 6 nitrogen and oxygen atoms in total. The first-order valence-corrected chi connectivity index (χ1v) is 3.33. The van der Waals surface area contributed by atoms with E-state index in [9.17, 15) is 9.59 Å². The zero-order chi connectivity index (χ0) is 10.7. The Balaban J connectivity index is 3.42. The van der Waals surface area contributed by atoms with Gasteiger partial charge >= 0.3 is 5.91 Å². The Labute approximate surface area is 77.9 Å². The SMILES string of the molecule is N#CC(=C=N)C1=NC(=O)C(=O)C1=C=N. The van der Waals surface area contributed by atoms with Crippen molar-refractivity contribution in [2.24, 2.45) is 4.99 Å². The Morgan fingerprint density at radius 3 is 2.43 bits per heavy atom. The summed E-state index contributed by atoms with van der Waals surface area (Å²) >= 11 is 0. The molecule has 0 saturated heterocycles. The van der Waals surface area contributed by atoms with Crippen molar-refractivity contribution in [3.8, 4) is 6.07 Å². The average Bonchev–Trinajstić information content (AvgIpc) is 2.45. The summed E-state index contributed by atoms with van der Waals surface area (Å²) < 4.78 is 0. The van der Waals surface area contributed by atoms with E-state index in [-0.39, 0.29) is 11.3 Å². The summed E-state index contributed by atoms with van der Waals surface area (Å²) in [6, 6.07) is 1.54. The molecule has 0 unspecified atom stereocenters. The Hall–Kier alpha value is -2.60. The maximum absolute atomic E-state index is 11.0. The van der Waals surface area contributed by atoms with Crippen LogP contribution in [-0.2, 0) is 9.59 Å². The third kappa shape index (κ3) is 1.21. The number of allylic oxidation sites excluding steroid dienone is 1. The Morgan fingerprint density at radius 1 is 1.36 bits per heavy atom. The van der Waals surface area contributed by atoms with E-state index < -0.39 is 17.3 Å². The fraction of sp³-hybridized carbons (Fsp3) is 0. The highest BCUT2D eigenvalue weighted by molar-refractivity contribution is 6.60. The topological polar surface area (TPSA) is 118 Å². The largest absolute Gasteiger partial charge is 0.319 e. The highest BCUT2D eigenvalue weighted by Crippen LogP contribution is 2.12. The molecular formula is C8H2N4O2. The molecule has 1 heterocycles. The van der Waals surface area contributed by atoms with Crippen molar-refractivity contribution in [3.63, 3.8) is 0 Å². The van der Waals surface area contributed by atoms with Crippen molar-refractivity contribution in [3.05, 3.63) is 11.1 Å². The van der Waals surface area contributed by atoms with E-state index in [1.165, 1.54) is 6.07 Å². The normalized spacial score (nSPS) is 14.2. The van der Waals surface area contributed by atoms with Crippen molar-refractivity contribution < 1.29 is 9.59 Å². The molecule has 1 amide bonds. The molecule has 2 N–H and O–H groups in total. The predicted molar refractivity (Wildman–Crippen MR) is 45.5 cm³/mol. The van der Waals surface area contributed by atoms with Crippen LogP contribution in [0.25, 0.3) is 0 Å². The van der Waals surface area contributed by atoms with Gasteiger partial charge in [0.2, 0.25) is 0 Å². The van der Waals surface area contributed by atoms with Gasteiger partial charge in [0.15, 0.2) is 0 Å². The molecule has 0 aromatic rings. The van der Waals surface area contributed by atoms with E-state index in [0.717, 1.165) is 0 Å². The highest BCUT2D eigenvalue weighted by Gasteiger charge is 2.33. The van der Waals surface area contributed by atoms with E-state index in [4.69, 9.17) is 16.1 Å². The second-order valence-corrected chi connectivity index (χ2v) is 2.21. The van der Waals surface area contributed by atoms with Crippen molar-refractivity contribution in [2.45, 2.75) is 0 Å². The molecular weight excluding hydrogens is 184 g/mol. The van der Waals surface area contributed by atoms with Crippen molar-refractivity contribution >= 4 is 29.1 Å². The van der Waals surface area contributed by atoms with Crippen LogP contribution in [0.2, 0.25) is 0 Å². The number of amides is 1. The molecule has 0 saturated carbocycles. The minimum Gasteiger partial charge on any atom is -0.282 e. The summed E-state index contributed by atoms with van der Waals surface area (Å²) in [4.78, 5) is 25.0. The summed E-state index contributed by atoms with van der Waals surface area (Å²) in [7, 11) is 0. The lowest BCUT2D eigenvalue weighted by Gasteiger charge is -1.90. The minimum atomic E-state index is -1.06. The molecule has 0 radical (unpaired) electrons. The zero-order valence-corrected chi connectivity index (χ0v) is 6.71. The van der Waals surface area contributed by atoms with E-state index in [1.807, 2.05) is 0 Å². The van der Waals surface area contributed by atoms with Crippen LogP contribution in [0.1, 0.15) is 0 Å². The van der Waals surface area contributed by atoms with E-state index >= 15 is 0 Å². The molecule has 1 aliphatic rings. The number of carbonyl (C=O) groups excluding carboxylic acids is 2. The van der Waals surface area contributed by atoms with Gasteiger partial charge in [-0.1, -0.05) is 0 Å². The maximum Gasteiger partial charge on any atom is 0.319 e. The number of Topliss-reactive ketones (excluding diaryl/α,β-unsaturated/α-hetero) is 1. The Kier molecular flexibility index (Phi) is 2.32. The molecule has 0 aromatic carbocycles. The van der Waals surface area contributed by atoms with Crippen LogP contribution in [-0.4, -0.2) is 29.1 Å².